The first kappa shape index (κ1) is 18.1. The molecule has 0 radical (unpaired) electrons. The van der Waals surface area contributed by atoms with Crippen molar-refractivity contribution in [2.75, 3.05) is 11.4 Å². The third kappa shape index (κ3) is 3.58. The van der Waals surface area contributed by atoms with Crippen LogP contribution in [-0.2, 0) is 19.3 Å². The van der Waals surface area contributed by atoms with E-state index in [9.17, 15) is 18.0 Å². The molecular formula is C20H16F3N3O2. The summed E-state index contributed by atoms with van der Waals surface area (Å²) in [6.45, 7) is 0.483. The Kier molecular flexibility index (Phi) is 4.54. The predicted octanol–water partition coefficient (Wildman–Crippen LogP) is 4.14. The maximum atomic E-state index is 12.8. The number of anilines is 1. The third-order valence-corrected chi connectivity index (χ3v) is 4.52. The Bertz CT molecular complexity index is 1010. The molecule has 0 unspecified atom stereocenters. The van der Waals surface area contributed by atoms with Crippen LogP contribution in [-0.4, -0.2) is 22.2 Å². The fourth-order valence-corrected chi connectivity index (χ4v) is 3.14. The van der Waals surface area contributed by atoms with Crippen molar-refractivity contribution in [3.63, 3.8) is 0 Å². The van der Waals surface area contributed by atoms with E-state index in [0.29, 0.717) is 6.54 Å². The normalized spacial score (nSPS) is 13.5. The van der Waals surface area contributed by atoms with Crippen molar-refractivity contribution < 1.29 is 22.7 Å². The summed E-state index contributed by atoms with van der Waals surface area (Å²) in [6.07, 6.45) is -2.08. The molecule has 5 nitrogen and oxygen atoms in total. The van der Waals surface area contributed by atoms with Crippen LogP contribution in [0.4, 0.5) is 18.9 Å². The number of rotatable bonds is 4. The average Bonchev–Trinajstić information content (AvgIpc) is 3.33. The number of nitrogens with zero attached hydrogens (tertiary/aromatic N) is 3. The summed E-state index contributed by atoms with van der Waals surface area (Å²) in [5, 5.41) is 4.19. The van der Waals surface area contributed by atoms with Crippen molar-refractivity contribution >= 4 is 11.6 Å². The van der Waals surface area contributed by atoms with Crippen LogP contribution in [0.2, 0.25) is 0 Å². The summed E-state index contributed by atoms with van der Waals surface area (Å²) < 4.78 is 45.0. The molecule has 4 rings (SSSR count). The van der Waals surface area contributed by atoms with E-state index < -0.39 is 11.7 Å². The first-order chi connectivity index (χ1) is 13.4. The van der Waals surface area contributed by atoms with Gasteiger partial charge >= 0.3 is 6.18 Å². The molecule has 0 aliphatic carbocycles. The zero-order valence-corrected chi connectivity index (χ0v) is 14.7. The maximum Gasteiger partial charge on any atom is 0.416 e. The number of aromatic nitrogens is 2. The van der Waals surface area contributed by atoms with Gasteiger partial charge in [-0.25, -0.2) is 4.68 Å². The van der Waals surface area contributed by atoms with Crippen LogP contribution in [0, 0.1) is 0 Å². The van der Waals surface area contributed by atoms with E-state index in [0.717, 1.165) is 29.8 Å². The number of benzene rings is 2. The molecule has 0 spiro atoms. The first-order valence-corrected chi connectivity index (χ1v) is 8.65. The molecule has 0 fully saturated rings. The van der Waals surface area contributed by atoms with Gasteiger partial charge in [-0.15, -0.1) is 0 Å². The van der Waals surface area contributed by atoms with Crippen molar-refractivity contribution in [3.8, 4) is 5.75 Å². The second kappa shape index (κ2) is 7.03. The molecule has 1 aliphatic heterocycles. The summed E-state index contributed by atoms with van der Waals surface area (Å²) >= 11 is 0. The summed E-state index contributed by atoms with van der Waals surface area (Å²) in [4.78, 5) is 14.4. The molecular weight excluding hydrogens is 371 g/mol. The summed E-state index contributed by atoms with van der Waals surface area (Å²) in [5.41, 5.74) is 1.46. The fourth-order valence-electron chi connectivity index (χ4n) is 3.14. The van der Waals surface area contributed by atoms with Crippen molar-refractivity contribution in [1.29, 1.82) is 0 Å². The van der Waals surface area contributed by atoms with E-state index in [1.807, 2.05) is 24.3 Å². The maximum absolute atomic E-state index is 12.8. The zero-order chi connectivity index (χ0) is 19.7. The molecule has 1 aromatic heterocycles. The minimum atomic E-state index is -4.43. The van der Waals surface area contributed by atoms with Crippen molar-refractivity contribution in [2.45, 2.75) is 19.3 Å². The van der Waals surface area contributed by atoms with Crippen LogP contribution in [0.15, 0.2) is 60.8 Å². The molecule has 2 aromatic carbocycles. The standard InChI is InChI=1S/C20H16F3N3O2/c21-20(22,23)15-5-3-6-16(12-15)28-13-25-10-9-17(24-25)19(27)26-11-8-14-4-1-2-7-18(14)26/h1-7,9-10,12H,8,11,13H2. The van der Waals surface area contributed by atoms with E-state index in [4.69, 9.17) is 4.74 Å². The Morgan fingerprint density at radius 1 is 1.11 bits per heavy atom. The Labute approximate surface area is 159 Å². The number of hydrogen-bond acceptors (Lipinski definition) is 3. The number of alkyl halides is 3. The Morgan fingerprint density at radius 3 is 2.75 bits per heavy atom. The van der Waals surface area contributed by atoms with Gasteiger partial charge in [-0.1, -0.05) is 24.3 Å². The number of ether oxygens (including phenoxy) is 1. The monoisotopic (exact) mass is 387 g/mol. The Morgan fingerprint density at radius 2 is 1.93 bits per heavy atom. The summed E-state index contributed by atoms with van der Waals surface area (Å²) in [5.74, 6) is -0.144. The van der Waals surface area contributed by atoms with Gasteiger partial charge in [0.25, 0.3) is 5.91 Å². The van der Waals surface area contributed by atoms with Crippen molar-refractivity contribution in [3.05, 3.63) is 77.6 Å². The van der Waals surface area contributed by atoms with Crippen molar-refractivity contribution in [1.82, 2.24) is 9.78 Å². The van der Waals surface area contributed by atoms with Crippen molar-refractivity contribution in [2.24, 2.45) is 0 Å². The van der Waals surface area contributed by atoms with Gasteiger partial charge in [-0.05, 0) is 42.3 Å². The first-order valence-electron chi connectivity index (χ1n) is 8.65. The molecule has 3 aromatic rings. The van der Waals surface area contributed by atoms with Gasteiger partial charge in [0.2, 0.25) is 0 Å². The number of hydrogen-bond donors (Lipinski definition) is 0. The lowest BCUT2D eigenvalue weighted by atomic mass is 10.2. The van der Waals surface area contributed by atoms with Gasteiger partial charge in [-0.3, -0.25) is 4.79 Å². The van der Waals surface area contributed by atoms with Crippen LogP contribution in [0.3, 0.4) is 0 Å². The SMILES string of the molecule is O=C(c1ccn(COc2cccc(C(F)(F)F)c2)n1)N1CCc2ccccc21. The van der Waals surface area contributed by atoms with E-state index in [2.05, 4.69) is 5.10 Å². The van der Waals surface area contributed by atoms with Crippen LogP contribution >= 0.6 is 0 Å². The smallest absolute Gasteiger partial charge is 0.416 e. The zero-order valence-electron chi connectivity index (χ0n) is 14.7. The minimum Gasteiger partial charge on any atom is -0.471 e. The molecule has 2 heterocycles. The average molecular weight is 387 g/mol. The largest absolute Gasteiger partial charge is 0.471 e. The lowest BCUT2D eigenvalue weighted by molar-refractivity contribution is -0.137. The quantitative estimate of drug-likeness (QED) is 0.676. The number of fused-ring (bicyclic) bond motifs is 1. The fraction of sp³-hybridized carbons (Fsp3) is 0.200. The van der Waals surface area contributed by atoms with Gasteiger partial charge in [0.15, 0.2) is 12.4 Å². The molecule has 8 heteroatoms. The molecule has 0 saturated heterocycles. The highest BCUT2D eigenvalue weighted by molar-refractivity contribution is 6.05. The van der Waals surface area contributed by atoms with Gasteiger partial charge in [-0.2, -0.15) is 18.3 Å². The molecule has 0 atom stereocenters. The number of halogens is 3. The molecule has 28 heavy (non-hydrogen) atoms. The van der Waals surface area contributed by atoms with Gasteiger partial charge in [0, 0.05) is 18.4 Å². The lowest BCUT2D eigenvalue weighted by Gasteiger charge is -2.15. The summed E-state index contributed by atoms with van der Waals surface area (Å²) in [7, 11) is 0. The van der Waals surface area contributed by atoms with E-state index >= 15 is 0 Å². The number of amides is 1. The van der Waals surface area contributed by atoms with Crippen LogP contribution in [0.5, 0.6) is 5.75 Å². The predicted molar refractivity (Wildman–Crippen MR) is 96.1 cm³/mol. The third-order valence-electron chi connectivity index (χ3n) is 4.52. The minimum absolute atomic E-state index is 0.0756. The number of carbonyl (C=O) groups excluding carboxylic acids is 1. The number of carbonyl (C=O) groups is 1. The number of para-hydroxylation sites is 1. The molecule has 0 bridgehead atoms. The van der Waals surface area contributed by atoms with E-state index in [1.165, 1.54) is 16.8 Å². The summed E-state index contributed by atoms with van der Waals surface area (Å²) in [6, 6.07) is 13.9. The Hall–Kier alpha value is -3.29. The molecule has 144 valence electrons. The van der Waals surface area contributed by atoms with Gasteiger partial charge in [0.05, 0.1) is 5.56 Å². The highest BCUT2D eigenvalue weighted by Gasteiger charge is 2.30. The van der Waals surface area contributed by atoms with E-state index in [-0.39, 0.29) is 24.1 Å². The Balaban J connectivity index is 1.43. The van der Waals surface area contributed by atoms with Crippen LogP contribution in [0.25, 0.3) is 0 Å². The molecule has 1 amide bonds. The highest BCUT2D eigenvalue weighted by Crippen LogP contribution is 2.31. The second-order valence-electron chi connectivity index (χ2n) is 6.37. The topological polar surface area (TPSA) is 47.4 Å². The molecule has 1 aliphatic rings. The molecule has 0 N–H and O–H groups in total. The highest BCUT2D eigenvalue weighted by atomic mass is 19.4. The van der Waals surface area contributed by atoms with Gasteiger partial charge in [0.1, 0.15) is 5.75 Å². The van der Waals surface area contributed by atoms with Crippen LogP contribution < -0.4 is 9.64 Å². The van der Waals surface area contributed by atoms with Gasteiger partial charge < -0.3 is 9.64 Å². The van der Waals surface area contributed by atoms with Crippen LogP contribution in [0.1, 0.15) is 21.6 Å². The molecule has 0 saturated carbocycles. The lowest BCUT2D eigenvalue weighted by Crippen LogP contribution is -2.29. The second-order valence-corrected chi connectivity index (χ2v) is 6.37. The van der Waals surface area contributed by atoms with E-state index in [1.54, 1.807) is 17.2 Å².